The van der Waals surface area contributed by atoms with Crippen LogP contribution in [0.1, 0.15) is 16.1 Å². The van der Waals surface area contributed by atoms with Gasteiger partial charge < -0.3 is 10.8 Å². The monoisotopic (exact) mass is 192 g/mol. The molecule has 0 saturated carbocycles. The van der Waals surface area contributed by atoms with Crippen LogP contribution in [0.4, 0.5) is 5.82 Å². The summed E-state index contributed by atoms with van der Waals surface area (Å²) in [5.74, 6) is -1.10. The molecule has 72 valence electrons. The molecule has 0 saturated heterocycles. The molecule has 6 nitrogen and oxygen atoms in total. The number of anilines is 1. The molecule has 0 aromatic carbocycles. The average Bonchev–Trinajstić information content (AvgIpc) is 2.42. The number of carboxylic acids is 1. The molecule has 2 aromatic heterocycles. The van der Waals surface area contributed by atoms with Crippen molar-refractivity contribution in [1.29, 1.82) is 0 Å². The lowest BCUT2D eigenvalue weighted by Gasteiger charge is -1.99. The van der Waals surface area contributed by atoms with Gasteiger partial charge in [0.1, 0.15) is 11.4 Å². The van der Waals surface area contributed by atoms with Gasteiger partial charge in [-0.25, -0.2) is 14.3 Å². The molecule has 2 heterocycles. The summed E-state index contributed by atoms with van der Waals surface area (Å²) >= 11 is 0. The summed E-state index contributed by atoms with van der Waals surface area (Å²) in [6, 6.07) is 1.72. The number of aromatic carboxylic acids is 1. The maximum absolute atomic E-state index is 10.7. The topological polar surface area (TPSA) is 93.5 Å². The molecule has 6 heteroatoms. The highest BCUT2D eigenvalue weighted by atomic mass is 16.4. The summed E-state index contributed by atoms with van der Waals surface area (Å²) < 4.78 is 1.40. The van der Waals surface area contributed by atoms with Gasteiger partial charge in [0.25, 0.3) is 0 Å². The van der Waals surface area contributed by atoms with Crippen molar-refractivity contribution in [2.45, 2.75) is 6.92 Å². The van der Waals surface area contributed by atoms with Crippen LogP contribution in [0.5, 0.6) is 0 Å². The van der Waals surface area contributed by atoms with E-state index in [1.165, 1.54) is 10.7 Å². The van der Waals surface area contributed by atoms with Gasteiger partial charge in [-0.15, -0.1) is 0 Å². The van der Waals surface area contributed by atoms with Crippen molar-refractivity contribution in [3.63, 3.8) is 0 Å². The van der Waals surface area contributed by atoms with Crippen LogP contribution >= 0.6 is 0 Å². The normalized spacial score (nSPS) is 10.6. The van der Waals surface area contributed by atoms with Crippen molar-refractivity contribution in [2.75, 3.05) is 5.73 Å². The van der Waals surface area contributed by atoms with Gasteiger partial charge in [-0.05, 0) is 6.92 Å². The fourth-order valence-electron chi connectivity index (χ4n) is 1.22. The SMILES string of the molecule is Cc1cc2nc(N)c(C(=O)O)cn2n1. The number of nitrogens with two attached hydrogens (primary N) is 1. The van der Waals surface area contributed by atoms with E-state index in [4.69, 9.17) is 10.8 Å². The maximum atomic E-state index is 10.7. The number of hydrogen-bond acceptors (Lipinski definition) is 4. The molecule has 0 aliphatic heterocycles. The lowest BCUT2D eigenvalue weighted by Crippen LogP contribution is -2.07. The summed E-state index contributed by atoms with van der Waals surface area (Å²) in [6.07, 6.45) is 1.35. The van der Waals surface area contributed by atoms with Crippen LogP contribution in [-0.2, 0) is 0 Å². The summed E-state index contributed by atoms with van der Waals surface area (Å²) in [7, 11) is 0. The highest BCUT2D eigenvalue weighted by Crippen LogP contribution is 2.11. The van der Waals surface area contributed by atoms with Crippen LogP contribution in [0, 0.1) is 6.92 Å². The van der Waals surface area contributed by atoms with E-state index in [0.717, 1.165) is 5.69 Å². The van der Waals surface area contributed by atoms with E-state index < -0.39 is 5.97 Å². The Balaban J connectivity index is 2.76. The predicted octanol–water partition coefficient (Wildman–Crippen LogP) is 0.318. The summed E-state index contributed by atoms with van der Waals surface area (Å²) in [4.78, 5) is 14.6. The second kappa shape index (κ2) is 2.69. The van der Waals surface area contributed by atoms with E-state index in [2.05, 4.69) is 10.1 Å². The van der Waals surface area contributed by atoms with E-state index in [0.29, 0.717) is 5.65 Å². The zero-order valence-electron chi connectivity index (χ0n) is 7.43. The van der Waals surface area contributed by atoms with Crippen LogP contribution in [-0.4, -0.2) is 25.7 Å². The molecule has 2 aromatic rings. The van der Waals surface area contributed by atoms with Crippen LogP contribution in [0.2, 0.25) is 0 Å². The summed E-state index contributed by atoms with van der Waals surface area (Å²) in [5, 5.41) is 12.8. The highest BCUT2D eigenvalue weighted by Gasteiger charge is 2.11. The molecule has 0 bridgehead atoms. The number of rotatable bonds is 1. The molecule has 0 aliphatic rings. The number of aromatic nitrogens is 3. The third-order valence-electron chi connectivity index (χ3n) is 1.83. The molecular weight excluding hydrogens is 184 g/mol. The van der Waals surface area contributed by atoms with Gasteiger partial charge in [0, 0.05) is 12.3 Å². The molecule has 0 amide bonds. The first-order valence-corrected chi connectivity index (χ1v) is 3.94. The van der Waals surface area contributed by atoms with E-state index in [1.807, 2.05) is 0 Å². The van der Waals surface area contributed by atoms with E-state index in [1.54, 1.807) is 13.0 Å². The van der Waals surface area contributed by atoms with Crippen LogP contribution in [0.25, 0.3) is 5.65 Å². The molecular formula is C8H8N4O2. The Hall–Kier alpha value is -2.11. The van der Waals surface area contributed by atoms with Crippen molar-refractivity contribution in [3.05, 3.63) is 23.5 Å². The molecule has 0 radical (unpaired) electrons. The fourth-order valence-corrected chi connectivity index (χ4v) is 1.22. The number of aryl methyl sites for hydroxylation is 1. The number of carbonyl (C=O) groups is 1. The molecule has 0 spiro atoms. The van der Waals surface area contributed by atoms with Gasteiger partial charge in [0.2, 0.25) is 0 Å². The Morgan fingerprint density at radius 2 is 2.36 bits per heavy atom. The maximum Gasteiger partial charge on any atom is 0.341 e. The van der Waals surface area contributed by atoms with Crippen LogP contribution < -0.4 is 5.73 Å². The fraction of sp³-hybridized carbons (Fsp3) is 0.125. The third kappa shape index (κ3) is 1.17. The summed E-state index contributed by atoms with van der Waals surface area (Å²) in [6.45, 7) is 1.80. The number of carboxylic acid groups (broad SMARTS) is 1. The van der Waals surface area contributed by atoms with E-state index >= 15 is 0 Å². The van der Waals surface area contributed by atoms with Crippen molar-refractivity contribution >= 4 is 17.4 Å². The minimum Gasteiger partial charge on any atom is -0.477 e. The molecule has 2 rings (SSSR count). The first kappa shape index (κ1) is 8.49. The number of nitrogen functional groups attached to an aromatic ring is 1. The molecule has 0 fully saturated rings. The number of fused-ring (bicyclic) bond motifs is 1. The zero-order valence-corrected chi connectivity index (χ0v) is 7.43. The lowest BCUT2D eigenvalue weighted by molar-refractivity contribution is 0.0697. The standard InChI is InChI=1S/C8H8N4O2/c1-4-2-6-10-7(9)5(8(13)14)3-12(6)11-4/h2-3H,1H3,(H2,9,10)(H,13,14). The minimum absolute atomic E-state index is 0.00454. The molecule has 0 atom stereocenters. The second-order valence-electron chi connectivity index (χ2n) is 2.93. The number of hydrogen-bond donors (Lipinski definition) is 2. The van der Waals surface area contributed by atoms with Gasteiger partial charge in [0.15, 0.2) is 5.65 Å². The lowest BCUT2D eigenvalue weighted by atomic mass is 10.3. The Labute approximate surface area is 79.0 Å². The van der Waals surface area contributed by atoms with Crippen molar-refractivity contribution in [3.8, 4) is 0 Å². The number of nitrogens with zero attached hydrogens (tertiary/aromatic N) is 3. The Morgan fingerprint density at radius 3 is 3.00 bits per heavy atom. The predicted molar refractivity (Wildman–Crippen MR) is 49.1 cm³/mol. The van der Waals surface area contributed by atoms with Gasteiger partial charge in [-0.2, -0.15) is 5.10 Å². The highest BCUT2D eigenvalue weighted by molar-refractivity contribution is 5.92. The van der Waals surface area contributed by atoms with Gasteiger partial charge in [-0.1, -0.05) is 0 Å². The van der Waals surface area contributed by atoms with Gasteiger partial charge in [0.05, 0.1) is 5.69 Å². The Bertz CT molecular complexity index is 517. The largest absolute Gasteiger partial charge is 0.477 e. The smallest absolute Gasteiger partial charge is 0.341 e. The molecule has 3 N–H and O–H groups in total. The van der Waals surface area contributed by atoms with Gasteiger partial charge in [-0.3, -0.25) is 0 Å². The molecule has 0 unspecified atom stereocenters. The molecule has 0 aliphatic carbocycles. The summed E-state index contributed by atoms with van der Waals surface area (Å²) in [5.41, 5.74) is 6.73. The van der Waals surface area contributed by atoms with Crippen molar-refractivity contribution in [2.24, 2.45) is 0 Å². The zero-order chi connectivity index (χ0) is 10.3. The van der Waals surface area contributed by atoms with Gasteiger partial charge >= 0.3 is 5.97 Å². The van der Waals surface area contributed by atoms with E-state index in [9.17, 15) is 4.79 Å². The second-order valence-corrected chi connectivity index (χ2v) is 2.93. The Morgan fingerprint density at radius 1 is 1.64 bits per heavy atom. The Kier molecular flexibility index (Phi) is 1.63. The first-order valence-electron chi connectivity index (χ1n) is 3.94. The van der Waals surface area contributed by atoms with Crippen LogP contribution in [0.3, 0.4) is 0 Å². The van der Waals surface area contributed by atoms with E-state index in [-0.39, 0.29) is 11.4 Å². The van der Waals surface area contributed by atoms with Crippen LogP contribution in [0.15, 0.2) is 12.3 Å². The van der Waals surface area contributed by atoms with Crippen molar-refractivity contribution < 1.29 is 9.90 Å². The van der Waals surface area contributed by atoms with Crippen molar-refractivity contribution in [1.82, 2.24) is 14.6 Å². The quantitative estimate of drug-likeness (QED) is 0.678. The third-order valence-corrected chi connectivity index (χ3v) is 1.83. The minimum atomic E-state index is -1.11. The first-order chi connectivity index (χ1) is 6.58. The average molecular weight is 192 g/mol. The molecule has 14 heavy (non-hydrogen) atoms.